The fourth-order valence-electron chi connectivity index (χ4n) is 2.19. The quantitative estimate of drug-likeness (QED) is 0.567. The number of hydrogen-bond acceptors (Lipinski definition) is 0. The molecule has 2 rings (SSSR count). The van der Waals surface area contributed by atoms with Crippen molar-refractivity contribution >= 4 is 31.9 Å². The highest BCUT2D eigenvalue weighted by Crippen LogP contribution is 2.38. The maximum atomic E-state index is 14.1. The lowest BCUT2D eigenvalue weighted by molar-refractivity contribution is 0.606. The molecule has 0 fully saturated rings. The first-order chi connectivity index (χ1) is 8.91. The molecular weight excluding hydrogens is 378 g/mol. The Morgan fingerprint density at radius 3 is 2.21 bits per heavy atom. The highest BCUT2D eigenvalue weighted by Gasteiger charge is 2.20. The van der Waals surface area contributed by atoms with Crippen LogP contribution in [0.4, 0.5) is 8.78 Å². The topological polar surface area (TPSA) is 0 Å². The lowest BCUT2D eigenvalue weighted by Gasteiger charge is -2.17. The summed E-state index contributed by atoms with van der Waals surface area (Å²) >= 11 is 6.70. The van der Waals surface area contributed by atoms with E-state index >= 15 is 0 Å². The van der Waals surface area contributed by atoms with Crippen LogP contribution in [0.5, 0.6) is 0 Å². The molecule has 0 amide bonds. The third-order valence-electron chi connectivity index (χ3n) is 3.07. The summed E-state index contributed by atoms with van der Waals surface area (Å²) in [5, 5.41) is 0. The number of aryl methyl sites for hydroxylation is 2. The average molecular weight is 390 g/mol. The Morgan fingerprint density at radius 1 is 1.05 bits per heavy atom. The minimum absolute atomic E-state index is 0.270. The maximum absolute atomic E-state index is 14.1. The van der Waals surface area contributed by atoms with Gasteiger partial charge in [-0.25, -0.2) is 8.78 Å². The number of rotatable bonds is 2. The molecule has 2 aromatic carbocycles. The fraction of sp³-hybridized carbons (Fsp3) is 0.200. The standard InChI is InChI=1S/C15H12Br2F2/c1-8-6-10(18)7-9(2)13(8)14(17)11-4-3-5-12(16)15(11)19/h3-7,14H,1-2H3. The van der Waals surface area contributed by atoms with Gasteiger partial charge < -0.3 is 0 Å². The summed E-state index contributed by atoms with van der Waals surface area (Å²) in [6.45, 7) is 3.66. The molecule has 0 aliphatic heterocycles. The number of benzene rings is 2. The first-order valence-corrected chi connectivity index (χ1v) is 7.47. The van der Waals surface area contributed by atoms with Crippen molar-refractivity contribution in [1.29, 1.82) is 0 Å². The molecule has 0 nitrogen and oxygen atoms in total. The van der Waals surface area contributed by atoms with Crippen molar-refractivity contribution in [2.24, 2.45) is 0 Å². The lowest BCUT2D eigenvalue weighted by Crippen LogP contribution is -2.02. The Labute approximate surface area is 128 Å². The summed E-state index contributed by atoms with van der Waals surface area (Å²) in [5.41, 5.74) is 3.04. The molecule has 0 saturated heterocycles. The molecule has 2 aromatic rings. The zero-order chi connectivity index (χ0) is 14.2. The number of halogens is 4. The van der Waals surface area contributed by atoms with Crippen LogP contribution in [-0.2, 0) is 0 Å². The molecule has 0 aliphatic rings. The molecule has 0 bridgehead atoms. The molecule has 1 unspecified atom stereocenters. The summed E-state index contributed by atoms with van der Waals surface area (Å²) in [4.78, 5) is -0.300. The van der Waals surface area contributed by atoms with Gasteiger partial charge >= 0.3 is 0 Å². The lowest BCUT2D eigenvalue weighted by atomic mass is 9.95. The van der Waals surface area contributed by atoms with Crippen molar-refractivity contribution in [2.75, 3.05) is 0 Å². The first-order valence-electron chi connectivity index (χ1n) is 5.76. The molecular formula is C15H12Br2F2. The van der Waals surface area contributed by atoms with Crippen molar-refractivity contribution in [2.45, 2.75) is 18.7 Å². The van der Waals surface area contributed by atoms with E-state index in [9.17, 15) is 8.78 Å². The minimum Gasteiger partial charge on any atom is -0.207 e. The molecule has 100 valence electrons. The van der Waals surface area contributed by atoms with Gasteiger partial charge in [-0.1, -0.05) is 28.1 Å². The molecule has 0 saturated carbocycles. The van der Waals surface area contributed by atoms with Crippen LogP contribution in [0.2, 0.25) is 0 Å². The van der Waals surface area contributed by atoms with Crippen LogP contribution in [0.15, 0.2) is 34.8 Å². The third-order valence-corrected chi connectivity index (χ3v) is 4.63. The van der Waals surface area contributed by atoms with E-state index in [1.54, 1.807) is 18.2 Å². The van der Waals surface area contributed by atoms with Crippen LogP contribution < -0.4 is 0 Å². The van der Waals surface area contributed by atoms with E-state index < -0.39 is 0 Å². The summed E-state index contributed by atoms with van der Waals surface area (Å²) in [5.74, 6) is -0.569. The van der Waals surface area contributed by atoms with E-state index in [2.05, 4.69) is 31.9 Å². The maximum Gasteiger partial charge on any atom is 0.142 e. The molecule has 0 spiro atoms. The van der Waals surface area contributed by atoms with E-state index in [1.807, 2.05) is 13.8 Å². The molecule has 19 heavy (non-hydrogen) atoms. The molecule has 0 radical (unpaired) electrons. The van der Waals surface area contributed by atoms with Gasteiger partial charge in [-0.2, -0.15) is 0 Å². The van der Waals surface area contributed by atoms with Gasteiger partial charge in [-0.15, -0.1) is 0 Å². The second kappa shape index (κ2) is 5.71. The minimum atomic E-state index is -0.300. The predicted octanol–water partition coefficient (Wildman–Crippen LogP) is 5.83. The van der Waals surface area contributed by atoms with Gasteiger partial charge in [0, 0.05) is 5.56 Å². The highest BCUT2D eigenvalue weighted by molar-refractivity contribution is 9.10. The highest BCUT2D eigenvalue weighted by atomic mass is 79.9. The normalized spacial score (nSPS) is 12.5. The van der Waals surface area contributed by atoms with Gasteiger partial charge in [0.05, 0.1) is 9.30 Å². The Morgan fingerprint density at radius 2 is 1.63 bits per heavy atom. The van der Waals surface area contributed by atoms with Gasteiger partial charge in [0.2, 0.25) is 0 Å². The SMILES string of the molecule is Cc1cc(F)cc(C)c1C(Br)c1cccc(Br)c1F. The molecule has 1 atom stereocenters. The second-order valence-corrected chi connectivity index (χ2v) is 6.23. The third kappa shape index (κ3) is 2.90. The van der Waals surface area contributed by atoms with Crippen molar-refractivity contribution in [1.82, 2.24) is 0 Å². The van der Waals surface area contributed by atoms with Gasteiger partial charge in [0.15, 0.2) is 0 Å². The first kappa shape index (κ1) is 14.7. The van der Waals surface area contributed by atoms with Crippen molar-refractivity contribution in [3.63, 3.8) is 0 Å². The Balaban J connectivity index is 2.56. The van der Waals surface area contributed by atoms with Crippen molar-refractivity contribution in [3.8, 4) is 0 Å². The van der Waals surface area contributed by atoms with Gasteiger partial charge in [0.1, 0.15) is 11.6 Å². The Hall–Kier alpha value is -0.740. The molecule has 0 heterocycles. The summed E-state index contributed by atoms with van der Waals surface area (Å²) in [6, 6.07) is 8.09. The molecule has 0 N–H and O–H groups in total. The summed E-state index contributed by atoms with van der Waals surface area (Å²) in [7, 11) is 0. The van der Waals surface area contributed by atoms with Crippen LogP contribution in [0.25, 0.3) is 0 Å². The number of hydrogen-bond donors (Lipinski definition) is 0. The molecule has 4 heteroatoms. The van der Waals surface area contributed by atoms with E-state index in [1.165, 1.54) is 12.1 Å². The molecule has 0 aliphatic carbocycles. The van der Waals surface area contributed by atoms with E-state index in [4.69, 9.17) is 0 Å². The van der Waals surface area contributed by atoms with Crippen LogP contribution in [0.3, 0.4) is 0 Å². The zero-order valence-electron chi connectivity index (χ0n) is 10.5. The summed E-state index contributed by atoms with van der Waals surface area (Å²) in [6.07, 6.45) is 0. The monoisotopic (exact) mass is 388 g/mol. The van der Waals surface area contributed by atoms with Crippen LogP contribution in [0, 0.1) is 25.5 Å². The second-order valence-electron chi connectivity index (χ2n) is 4.46. The van der Waals surface area contributed by atoms with E-state index in [-0.39, 0.29) is 16.5 Å². The van der Waals surface area contributed by atoms with Gasteiger partial charge in [-0.05, 0) is 64.7 Å². The molecule has 0 aromatic heterocycles. The smallest absolute Gasteiger partial charge is 0.142 e. The van der Waals surface area contributed by atoms with Gasteiger partial charge in [0.25, 0.3) is 0 Å². The zero-order valence-corrected chi connectivity index (χ0v) is 13.6. The van der Waals surface area contributed by atoms with Crippen molar-refractivity contribution in [3.05, 3.63) is 68.7 Å². The summed E-state index contributed by atoms with van der Waals surface area (Å²) < 4.78 is 27.9. The predicted molar refractivity (Wildman–Crippen MR) is 80.7 cm³/mol. The van der Waals surface area contributed by atoms with E-state index in [0.717, 1.165) is 16.7 Å². The van der Waals surface area contributed by atoms with Gasteiger partial charge in [-0.3, -0.25) is 0 Å². The largest absolute Gasteiger partial charge is 0.207 e. The average Bonchev–Trinajstić information content (AvgIpc) is 2.31. The Kier molecular flexibility index (Phi) is 4.41. The van der Waals surface area contributed by atoms with Crippen molar-refractivity contribution < 1.29 is 8.78 Å². The fourth-order valence-corrected chi connectivity index (χ4v) is 3.65. The van der Waals surface area contributed by atoms with Crippen LogP contribution in [-0.4, -0.2) is 0 Å². The van der Waals surface area contributed by atoms with E-state index in [0.29, 0.717) is 10.0 Å². The Bertz CT molecular complexity index is 601. The van der Waals surface area contributed by atoms with Crippen LogP contribution in [0.1, 0.15) is 27.1 Å². The number of alkyl halides is 1. The van der Waals surface area contributed by atoms with Crippen LogP contribution >= 0.6 is 31.9 Å².